The molecule has 7 nitrogen and oxygen atoms in total. The van der Waals surface area contributed by atoms with Gasteiger partial charge in [-0.3, -0.25) is 4.79 Å². The van der Waals surface area contributed by atoms with Crippen molar-refractivity contribution in [3.63, 3.8) is 0 Å². The molecule has 1 aliphatic rings. The van der Waals surface area contributed by atoms with E-state index in [0.29, 0.717) is 38.0 Å². The molecule has 2 heterocycles. The van der Waals surface area contributed by atoms with Gasteiger partial charge in [-0.05, 0) is 36.9 Å². The molecule has 1 aromatic carbocycles. The van der Waals surface area contributed by atoms with Gasteiger partial charge in [0.25, 0.3) is 0 Å². The maximum atomic E-state index is 11.8. The van der Waals surface area contributed by atoms with Crippen molar-refractivity contribution in [1.82, 2.24) is 10.6 Å². The molecule has 2 aromatic rings. The first-order valence-corrected chi connectivity index (χ1v) is 10.4. The number of likely N-dealkylation sites (N-methyl/N-ethyl adjacent to an activating group) is 1. The lowest BCUT2D eigenvalue weighted by atomic mass is 10.2. The van der Waals surface area contributed by atoms with Crippen molar-refractivity contribution < 1.29 is 14.3 Å². The van der Waals surface area contributed by atoms with Gasteiger partial charge in [-0.25, -0.2) is 4.99 Å². The van der Waals surface area contributed by atoms with Crippen molar-refractivity contribution in [3.05, 3.63) is 40.6 Å². The van der Waals surface area contributed by atoms with Crippen molar-refractivity contribution in [3.8, 4) is 11.5 Å². The Morgan fingerprint density at radius 1 is 1.18 bits per heavy atom. The number of nitrogens with zero attached hydrogens (tertiary/aromatic N) is 1. The number of thiophene rings is 1. The highest BCUT2D eigenvalue weighted by Crippen LogP contribution is 2.32. The van der Waals surface area contributed by atoms with E-state index in [2.05, 4.69) is 32.4 Å². The standard InChI is InChI=1S/C20H26N4O3S/c1-2-21-19(25)14-23-20(22-9-8-16-5-3-12-28-16)24-15-6-7-17-18(13-15)27-11-4-10-26-17/h3,5-7,12-13H,2,4,8-11,14H2,1H3,(H,21,25)(H2,22,23,24). The van der Waals surface area contributed by atoms with E-state index in [1.54, 1.807) is 11.3 Å². The number of aliphatic imine (C=N–C) groups is 1. The third kappa shape index (κ3) is 6.16. The largest absolute Gasteiger partial charge is 0.490 e. The van der Waals surface area contributed by atoms with E-state index in [1.807, 2.05) is 31.2 Å². The van der Waals surface area contributed by atoms with Crippen LogP contribution < -0.4 is 25.4 Å². The van der Waals surface area contributed by atoms with Crippen LogP contribution in [0, 0.1) is 0 Å². The highest BCUT2D eigenvalue weighted by molar-refractivity contribution is 7.09. The van der Waals surface area contributed by atoms with Crippen LogP contribution in [0.15, 0.2) is 40.7 Å². The number of hydrogen-bond acceptors (Lipinski definition) is 5. The fraction of sp³-hybridized carbons (Fsp3) is 0.400. The zero-order valence-corrected chi connectivity index (χ0v) is 16.8. The van der Waals surface area contributed by atoms with Gasteiger partial charge in [0.15, 0.2) is 17.5 Å². The maximum Gasteiger partial charge on any atom is 0.241 e. The lowest BCUT2D eigenvalue weighted by Crippen LogP contribution is -2.34. The van der Waals surface area contributed by atoms with E-state index in [9.17, 15) is 4.79 Å². The Balaban J connectivity index is 1.65. The number of nitrogens with one attached hydrogen (secondary N) is 3. The zero-order valence-electron chi connectivity index (χ0n) is 16.0. The molecule has 0 unspecified atom stereocenters. The number of guanidine groups is 1. The normalized spacial score (nSPS) is 13.5. The molecule has 0 fully saturated rings. The quantitative estimate of drug-likeness (QED) is 0.490. The molecular weight excluding hydrogens is 376 g/mol. The third-order valence-electron chi connectivity index (χ3n) is 4.01. The first-order valence-electron chi connectivity index (χ1n) is 9.48. The van der Waals surface area contributed by atoms with Crippen LogP contribution in [0.4, 0.5) is 5.69 Å². The van der Waals surface area contributed by atoms with Gasteiger partial charge in [0, 0.05) is 36.1 Å². The molecule has 0 bridgehead atoms. The molecule has 1 amide bonds. The van der Waals surface area contributed by atoms with E-state index in [4.69, 9.17) is 9.47 Å². The number of carbonyl (C=O) groups excluding carboxylic acids is 1. The van der Waals surface area contributed by atoms with Crippen molar-refractivity contribution >= 4 is 28.9 Å². The van der Waals surface area contributed by atoms with E-state index >= 15 is 0 Å². The number of carbonyl (C=O) groups is 1. The predicted molar refractivity (Wildman–Crippen MR) is 113 cm³/mol. The van der Waals surface area contributed by atoms with Crippen molar-refractivity contribution in [1.29, 1.82) is 0 Å². The lowest BCUT2D eigenvalue weighted by Gasteiger charge is -2.14. The predicted octanol–water partition coefficient (Wildman–Crippen LogP) is 2.65. The Morgan fingerprint density at radius 3 is 2.82 bits per heavy atom. The molecule has 0 saturated carbocycles. The highest BCUT2D eigenvalue weighted by atomic mass is 32.1. The van der Waals surface area contributed by atoms with Gasteiger partial charge in [0.05, 0.1) is 13.2 Å². The third-order valence-corrected chi connectivity index (χ3v) is 4.95. The molecule has 0 spiro atoms. The van der Waals surface area contributed by atoms with Gasteiger partial charge < -0.3 is 25.4 Å². The van der Waals surface area contributed by atoms with E-state index in [0.717, 1.165) is 24.3 Å². The molecule has 150 valence electrons. The summed E-state index contributed by atoms with van der Waals surface area (Å²) in [6.45, 7) is 4.54. The number of ether oxygens (including phenoxy) is 2. The molecule has 28 heavy (non-hydrogen) atoms. The summed E-state index contributed by atoms with van der Waals surface area (Å²) < 4.78 is 11.4. The smallest absolute Gasteiger partial charge is 0.241 e. The summed E-state index contributed by atoms with van der Waals surface area (Å²) in [4.78, 5) is 17.5. The Kier molecular flexibility index (Phi) is 7.54. The summed E-state index contributed by atoms with van der Waals surface area (Å²) in [5.41, 5.74) is 0.822. The average Bonchev–Trinajstić information content (AvgIpc) is 3.10. The number of fused-ring (bicyclic) bond motifs is 1. The van der Waals surface area contributed by atoms with Gasteiger partial charge >= 0.3 is 0 Å². The number of amides is 1. The maximum absolute atomic E-state index is 11.8. The zero-order chi connectivity index (χ0) is 19.6. The van der Waals surface area contributed by atoms with Crippen LogP contribution in [0.2, 0.25) is 0 Å². The fourth-order valence-corrected chi connectivity index (χ4v) is 3.39. The monoisotopic (exact) mass is 402 g/mol. The topological polar surface area (TPSA) is 84.0 Å². The number of rotatable bonds is 7. The minimum absolute atomic E-state index is 0.0622. The summed E-state index contributed by atoms with van der Waals surface area (Å²) in [7, 11) is 0. The molecule has 1 aliphatic heterocycles. The minimum atomic E-state index is -0.111. The second-order valence-corrected chi connectivity index (χ2v) is 7.24. The van der Waals surface area contributed by atoms with E-state index in [1.165, 1.54) is 4.88 Å². The van der Waals surface area contributed by atoms with Crippen LogP contribution >= 0.6 is 11.3 Å². The summed E-state index contributed by atoms with van der Waals surface area (Å²) in [5, 5.41) is 11.4. The van der Waals surface area contributed by atoms with Crippen LogP contribution in [-0.2, 0) is 11.2 Å². The Hall–Kier alpha value is -2.74. The van der Waals surface area contributed by atoms with Gasteiger partial charge in [0.1, 0.15) is 6.54 Å². The van der Waals surface area contributed by atoms with Crippen LogP contribution in [-0.4, -0.2) is 44.7 Å². The molecule has 3 rings (SSSR count). The van der Waals surface area contributed by atoms with Crippen molar-refractivity contribution in [2.45, 2.75) is 19.8 Å². The van der Waals surface area contributed by atoms with Crippen LogP contribution in [0.5, 0.6) is 11.5 Å². The van der Waals surface area contributed by atoms with E-state index < -0.39 is 0 Å². The molecule has 8 heteroatoms. The first-order chi connectivity index (χ1) is 13.7. The molecule has 0 saturated heterocycles. The Morgan fingerprint density at radius 2 is 2.04 bits per heavy atom. The Bertz CT molecular complexity index is 793. The van der Waals surface area contributed by atoms with Crippen LogP contribution in [0.3, 0.4) is 0 Å². The van der Waals surface area contributed by atoms with Gasteiger partial charge in [-0.15, -0.1) is 11.3 Å². The summed E-state index contributed by atoms with van der Waals surface area (Å²) in [5.74, 6) is 1.90. The second kappa shape index (κ2) is 10.6. The minimum Gasteiger partial charge on any atom is -0.490 e. The van der Waals surface area contributed by atoms with Crippen molar-refractivity contribution in [2.24, 2.45) is 4.99 Å². The fourth-order valence-electron chi connectivity index (χ4n) is 2.68. The first kappa shape index (κ1) is 20.0. The lowest BCUT2D eigenvalue weighted by molar-refractivity contribution is -0.119. The molecule has 1 aromatic heterocycles. The Labute approximate surface area is 169 Å². The van der Waals surface area contributed by atoms with Gasteiger partial charge in [-0.2, -0.15) is 0 Å². The van der Waals surface area contributed by atoms with Gasteiger partial charge in [-0.1, -0.05) is 6.07 Å². The number of hydrogen-bond donors (Lipinski definition) is 3. The van der Waals surface area contributed by atoms with Gasteiger partial charge in [0.2, 0.25) is 5.91 Å². The number of anilines is 1. The SMILES string of the molecule is CCNC(=O)CN=C(NCCc1cccs1)Nc1ccc2c(c1)OCCCO2. The summed E-state index contributed by atoms with van der Waals surface area (Å²) >= 11 is 1.73. The summed E-state index contributed by atoms with van der Waals surface area (Å²) in [6, 6.07) is 9.84. The molecule has 3 N–H and O–H groups in total. The summed E-state index contributed by atoms with van der Waals surface area (Å²) in [6.07, 6.45) is 1.75. The second-order valence-electron chi connectivity index (χ2n) is 6.21. The van der Waals surface area contributed by atoms with Crippen LogP contribution in [0.1, 0.15) is 18.2 Å². The highest BCUT2D eigenvalue weighted by Gasteiger charge is 2.11. The molecule has 0 atom stereocenters. The van der Waals surface area contributed by atoms with Crippen LogP contribution in [0.25, 0.3) is 0 Å². The van der Waals surface area contributed by atoms with E-state index in [-0.39, 0.29) is 12.5 Å². The molecule has 0 radical (unpaired) electrons. The molecular formula is C20H26N4O3S. The number of benzene rings is 1. The van der Waals surface area contributed by atoms with Crippen molar-refractivity contribution in [2.75, 3.05) is 38.2 Å². The average molecular weight is 403 g/mol. The molecule has 0 aliphatic carbocycles.